The van der Waals surface area contributed by atoms with Gasteiger partial charge in [-0.3, -0.25) is 4.90 Å². The first kappa shape index (κ1) is 17.3. The predicted octanol–water partition coefficient (Wildman–Crippen LogP) is 4.98. The second-order valence-electron chi connectivity index (χ2n) is 6.78. The largest absolute Gasteiger partial charge is 0.492 e. The summed E-state index contributed by atoms with van der Waals surface area (Å²) in [4.78, 5) is 2.52. The Morgan fingerprint density at radius 1 is 1.00 bits per heavy atom. The van der Waals surface area contributed by atoms with Crippen molar-refractivity contribution in [3.8, 4) is 5.75 Å². The number of benzene rings is 2. The van der Waals surface area contributed by atoms with Crippen molar-refractivity contribution >= 4 is 11.6 Å². The highest BCUT2D eigenvalue weighted by Crippen LogP contribution is 2.22. The topological polar surface area (TPSA) is 12.5 Å². The van der Waals surface area contributed by atoms with Crippen LogP contribution < -0.4 is 4.74 Å². The van der Waals surface area contributed by atoms with E-state index < -0.39 is 0 Å². The van der Waals surface area contributed by atoms with Gasteiger partial charge in [0, 0.05) is 11.6 Å². The summed E-state index contributed by atoms with van der Waals surface area (Å²) in [5.74, 6) is 1.72. The van der Waals surface area contributed by atoms with Crippen LogP contribution in [0.2, 0.25) is 5.02 Å². The van der Waals surface area contributed by atoms with Crippen LogP contribution in [-0.4, -0.2) is 31.1 Å². The molecule has 0 spiro atoms. The molecule has 2 aromatic rings. The third kappa shape index (κ3) is 5.25. The van der Waals surface area contributed by atoms with E-state index in [4.69, 9.17) is 16.3 Å². The van der Waals surface area contributed by atoms with E-state index in [1.165, 1.54) is 43.5 Å². The van der Waals surface area contributed by atoms with Gasteiger partial charge in [-0.05, 0) is 75.0 Å². The fraction of sp³-hybridized carbons (Fsp3) is 0.429. The van der Waals surface area contributed by atoms with Crippen LogP contribution in [0.4, 0.5) is 0 Å². The maximum atomic E-state index is 5.88. The molecule has 0 aromatic heterocycles. The standard InChI is InChI=1S/C21H26ClNO/c1-17-2-4-18(5-3-17)16-19-10-12-23(13-11-19)14-15-24-21-8-6-20(22)7-9-21/h2-9,19H,10-16H2,1H3. The lowest BCUT2D eigenvalue weighted by atomic mass is 9.90. The molecule has 1 aliphatic rings. The molecule has 0 unspecified atom stereocenters. The molecule has 2 nitrogen and oxygen atoms in total. The Bertz CT molecular complexity index is 615. The third-order valence-electron chi connectivity index (χ3n) is 4.84. The van der Waals surface area contributed by atoms with Crippen molar-refractivity contribution in [2.45, 2.75) is 26.2 Å². The molecule has 0 amide bonds. The zero-order valence-corrected chi connectivity index (χ0v) is 15.1. The van der Waals surface area contributed by atoms with Gasteiger partial charge in [-0.1, -0.05) is 41.4 Å². The Hall–Kier alpha value is -1.51. The summed E-state index contributed by atoms with van der Waals surface area (Å²) in [5.41, 5.74) is 2.82. The minimum absolute atomic E-state index is 0.740. The van der Waals surface area contributed by atoms with E-state index >= 15 is 0 Å². The summed E-state index contributed by atoms with van der Waals surface area (Å²) in [6, 6.07) is 16.6. The minimum Gasteiger partial charge on any atom is -0.492 e. The second kappa shape index (κ2) is 8.55. The van der Waals surface area contributed by atoms with Crippen LogP contribution in [-0.2, 0) is 6.42 Å². The molecule has 0 bridgehead atoms. The van der Waals surface area contributed by atoms with Crippen molar-refractivity contribution in [2.24, 2.45) is 5.92 Å². The molecular formula is C21H26ClNO. The number of likely N-dealkylation sites (tertiary alicyclic amines) is 1. The number of ether oxygens (including phenoxy) is 1. The number of nitrogens with zero attached hydrogens (tertiary/aromatic N) is 1. The van der Waals surface area contributed by atoms with Crippen LogP contribution >= 0.6 is 11.6 Å². The second-order valence-corrected chi connectivity index (χ2v) is 7.21. The Morgan fingerprint density at radius 2 is 1.67 bits per heavy atom. The van der Waals surface area contributed by atoms with Gasteiger partial charge in [0.05, 0.1) is 0 Å². The zero-order chi connectivity index (χ0) is 16.8. The van der Waals surface area contributed by atoms with Crippen molar-refractivity contribution in [3.63, 3.8) is 0 Å². The third-order valence-corrected chi connectivity index (χ3v) is 5.09. The van der Waals surface area contributed by atoms with Crippen molar-refractivity contribution in [3.05, 3.63) is 64.7 Å². The minimum atomic E-state index is 0.740. The number of halogens is 1. The fourth-order valence-corrected chi connectivity index (χ4v) is 3.42. The smallest absolute Gasteiger partial charge is 0.119 e. The molecule has 2 aromatic carbocycles. The molecule has 0 atom stereocenters. The van der Waals surface area contributed by atoms with Crippen LogP contribution in [0.5, 0.6) is 5.75 Å². The predicted molar refractivity (Wildman–Crippen MR) is 101 cm³/mol. The van der Waals surface area contributed by atoms with Crippen LogP contribution in [0, 0.1) is 12.8 Å². The molecule has 128 valence electrons. The quantitative estimate of drug-likeness (QED) is 0.733. The van der Waals surface area contributed by atoms with Crippen LogP contribution in [0.1, 0.15) is 24.0 Å². The number of aryl methyl sites for hydroxylation is 1. The van der Waals surface area contributed by atoms with Crippen molar-refractivity contribution in [1.29, 1.82) is 0 Å². The molecule has 0 N–H and O–H groups in total. The summed E-state index contributed by atoms with van der Waals surface area (Å²) in [6.07, 6.45) is 3.79. The Kier molecular flexibility index (Phi) is 6.17. The molecule has 1 heterocycles. The van der Waals surface area contributed by atoms with Crippen LogP contribution in [0.3, 0.4) is 0 Å². The molecular weight excluding hydrogens is 318 g/mol. The lowest BCUT2D eigenvalue weighted by molar-refractivity contribution is 0.155. The monoisotopic (exact) mass is 343 g/mol. The van der Waals surface area contributed by atoms with E-state index in [0.717, 1.165) is 29.8 Å². The first-order chi connectivity index (χ1) is 11.7. The number of hydrogen-bond donors (Lipinski definition) is 0. The van der Waals surface area contributed by atoms with Gasteiger partial charge in [0.25, 0.3) is 0 Å². The molecule has 1 fully saturated rings. The normalized spacial score (nSPS) is 16.2. The van der Waals surface area contributed by atoms with Crippen LogP contribution in [0.25, 0.3) is 0 Å². The van der Waals surface area contributed by atoms with E-state index in [-0.39, 0.29) is 0 Å². The maximum Gasteiger partial charge on any atom is 0.119 e. The van der Waals surface area contributed by atoms with Gasteiger partial charge >= 0.3 is 0 Å². The summed E-state index contributed by atoms with van der Waals surface area (Å²) in [6.45, 7) is 6.25. The van der Waals surface area contributed by atoms with E-state index in [0.29, 0.717) is 0 Å². The van der Waals surface area contributed by atoms with Crippen molar-refractivity contribution in [2.75, 3.05) is 26.2 Å². The van der Waals surface area contributed by atoms with Crippen molar-refractivity contribution in [1.82, 2.24) is 4.90 Å². The molecule has 1 aliphatic heterocycles. The summed E-state index contributed by atoms with van der Waals surface area (Å²) in [7, 11) is 0. The first-order valence-electron chi connectivity index (χ1n) is 8.85. The number of hydrogen-bond acceptors (Lipinski definition) is 2. The molecule has 0 saturated carbocycles. The van der Waals surface area contributed by atoms with Gasteiger partial charge in [0.2, 0.25) is 0 Å². The van der Waals surface area contributed by atoms with Gasteiger partial charge in [-0.25, -0.2) is 0 Å². The van der Waals surface area contributed by atoms with Gasteiger partial charge in [-0.2, -0.15) is 0 Å². The van der Waals surface area contributed by atoms with Gasteiger partial charge in [0.15, 0.2) is 0 Å². The van der Waals surface area contributed by atoms with Crippen molar-refractivity contribution < 1.29 is 4.74 Å². The Morgan fingerprint density at radius 3 is 2.33 bits per heavy atom. The zero-order valence-electron chi connectivity index (χ0n) is 14.4. The SMILES string of the molecule is Cc1ccc(CC2CCN(CCOc3ccc(Cl)cc3)CC2)cc1. The van der Waals surface area contributed by atoms with E-state index in [1.807, 2.05) is 24.3 Å². The molecule has 0 aliphatic carbocycles. The summed E-state index contributed by atoms with van der Waals surface area (Å²) >= 11 is 5.88. The van der Waals surface area contributed by atoms with E-state index in [2.05, 4.69) is 36.1 Å². The highest BCUT2D eigenvalue weighted by atomic mass is 35.5. The molecule has 3 heteroatoms. The van der Waals surface area contributed by atoms with E-state index in [1.54, 1.807) is 0 Å². The molecule has 24 heavy (non-hydrogen) atoms. The fourth-order valence-electron chi connectivity index (χ4n) is 3.30. The molecule has 0 radical (unpaired) electrons. The van der Waals surface area contributed by atoms with Gasteiger partial charge in [-0.15, -0.1) is 0 Å². The lowest BCUT2D eigenvalue weighted by Gasteiger charge is -2.31. The molecule has 3 rings (SSSR count). The average molecular weight is 344 g/mol. The van der Waals surface area contributed by atoms with Gasteiger partial charge in [0.1, 0.15) is 12.4 Å². The highest BCUT2D eigenvalue weighted by molar-refractivity contribution is 6.30. The number of piperidine rings is 1. The Labute approximate surface area is 150 Å². The summed E-state index contributed by atoms with van der Waals surface area (Å²) in [5, 5.41) is 0.748. The van der Waals surface area contributed by atoms with Gasteiger partial charge < -0.3 is 4.74 Å². The Balaban J connectivity index is 1.36. The average Bonchev–Trinajstić information content (AvgIpc) is 2.60. The first-order valence-corrected chi connectivity index (χ1v) is 9.23. The van der Waals surface area contributed by atoms with E-state index in [9.17, 15) is 0 Å². The lowest BCUT2D eigenvalue weighted by Crippen LogP contribution is -2.37. The number of rotatable bonds is 6. The van der Waals surface area contributed by atoms with Crippen LogP contribution in [0.15, 0.2) is 48.5 Å². The highest BCUT2D eigenvalue weighted by Gasteiger charge is 2.19. The summed E-state index contributed by atoms with van der Waals surface area (Å²) < 4.78 is 5.80. The maximum absolute atomic E-state index is 5.88. The molecule has 1 saturated heterocycles.